The lowest BCUT2D eigenvalue weighted by atomic mass is 10.1. The Balaban J connectivity index is 2.92. The van der Waals surface area contributed by atoms with Gasteiger partial charge in [0.1, 0.15) is 0 Å². The molecule has 5 heteroatoms. The van der Waals surface area contributed by atoms with Gasteiger partial charge < -0.3 is 14.6 Å². The van der Waals surface area contributed by atoms with E-state index in [1.807, 2.05) is 20.8 Å². The van der Waals surface area contributed by atoms with Gasteiger partial charge in [-0.15, -0.1) is 0 Å². The van der Waals surface area contributed by atoms with E-state index in [1.165, 1.54) is 0 Å². The lowest BCUT2D eigenvalue weighted by Crippen LogP contribution is -2.39. The van der Waals surface area contributed by atoms with Crippen molar-refractivity contribution in [2.75, 3.05) is 19.0 Å². The highest BCUT2D eigenvalue weighted by Crippen LogP contribution is 2.09. The standard InChI is InChI=1S/C12H21N3O2/c1-5-7-15-8-6-13-10(11(15)16)14-12(2,3)9-17-4/h6,8H,5,7,9H2,1-4H3,(H,13,14). The van der Waals surface area contributed by atoms with Crippen LogP contribution in [0.2, 0.25) is 0 Å². The first kappa shape index (κ1) is 13.7. The predicted octanol–water partition coefficient (Wildman–Crippen LogP) is 1.49. The Hall–Kier alpha value is -1.36. The van der Waals surface area contributed by atoms with Crippen molar-refractivity contribution >= 4 is 5.82 Å². The summed E-state index contributed by atoms with van der Waals surface area (Å²) in [5.41, 5.74) is -0.398. The Bertz CT molecular complexity index is 412. The third kappa shape index (κ3) is 3.85. The Kier molecular flexibility index (Phi) is 4.69. The summed E-state index contributed by atoms with van der Waals surface area (Å²) in [4.78, 5) is 16.1. The van der Waals surface area contributed by atoms with Gasteiger partial charge in [-0.1, -0.05) is 6.92 Å². The fourth-order valence-electron chi connectivity index (χ4n) is 1.67. The largest absolute Gasteiger partial charge is 0.382 e. The van der Waals surface area contributed by atoms with E-state index in [0.29, 0.717) is 19.0 Å². The number of ether oxygens (including phenoxy) is 1. The van der Waals surface area contributed by atoms with Gasteiger partial charge in [0.25, 0.3) is 5.56 Å². The zero-order valence-electron chi connectivity index (χ0n) is 11.0. The van der Waals surface area contributed by atoms with Crippen LogP contribution < -0.4 is 10.9 Å². The third-order valence-electron chi connectivity index (χ3n) is 2.34. The molecule has 0 aliphatic rings. The number of methoxy groups -OCH3 is 1. The zero-order valence-corrected chi connectivity index (χ0v) is 11.0. The molecule has 0 saturated carbocycles. The van der Waals surface area contributed by atoms with Crippen LogP contribution in [0.5, 0.6) is 0 Å². The van der Waals surface area contributed by atoms with Crippen molar-refractivity contribution in [1.82, 2.24) is 9.55 Å². The summed E-state index contributed by atoms with van der Waals surface area (Å²) >= 11 is 0. The third-order valence-corrected chi connectivity index (χ3v) is 2.34. The van der Waals surface area contributed by atoms with Crippen LogP contribution in [0.3, 0.4) is 0 Å². The number of aromatic nitrogens is 2. The molecule has 0 aliphatic heterocycles. The van der Waals surface area contributed by atoms with Gasteiger partial charge in [-0.3, -0.25) is 4.79 Å². The topological polar surface area (TPSA) is 56.1 Å². The van der Waals surface area contributed by atoms with Crippen molar-refractivity contribution in [3.8, 4) is 0 Å². The number of nitrogens with zero attached hydrogens (tertiary/aromatic N) is 2. The van der Waals surface area contributed by atoms with Crippen LogP contribution in [-0.2, 0) is 11.3 Å². The normalized spacial score (nSPS) is 11.5. The molecule has 0 unspecified atom stereocenters. The summed E-state index contributed by atoms with van der Waals surface area (Å²) in [6, 6.07) is 0. The molecule has 5 nitrogen and oxygen atoms in total. The van der Waals surface area contributed by atoms with E-state index in [-0.39, 0.29) is 11.1 Å². The minimum absolute atomic E-state index is 0.0847. The summed E-state index contributed by atoms with van der Waals surface area (Å²) in [6.07, 6.45) is 4.27. The quantitative estimate of drug-likeness (QED) is 0.817. The lowest BCUT2D eigenvalue weighted by Gasteiger charge is -2.25. The Morgan fingerprint density at radius 1 is 1.53 bits per heavy atom. The highest BCUT2D eigenvalue weighted by atomic mass is 16.5. The minimum atomic E-state index is -0.313. The van der Waals surface area contributed by atoms with E-state index in [2.05, 4.69) is 10.3 Å². The molecule has 0 saturated heterocycles. The molecule has 1 aromatic heterocycles. The molecule has 1 heterocycles. The van der Waals surface area contributed by atoms with Gasteiger partial charge in [-0.2, -0.15) is 0 Å². The molecule has 0 bridgehead atoms. The van der Waals surface area contributed by atoms with Crippen molar-refractivity contribution in [1.29, 1.82) is 0 Å². The van der Waals surface area contributed by atoms with Crippen LogP contribution in [0.4, 0.5) is 5.82 Å². The fourth-order valence-corrected chi connectivity index (χ4v) is 1.67. The maximum absolute atomic E-state index is 12.0. The average Bonchev–Trinajstić information content (AvgIpc) is 2.24. The molecule has 96 valence electrons. The van der Waals surface area contributed by atoms with Crippen molar-refractivity contribution in [2.45, 2.75) is 39.3 Å². The van der Waals surface area contributed by atoms with Crippen LogP contribution in [0.15, 0.2) is 17.2 Å². The first-order valence-electron chi connectivity index (χ1n) is 5.82. The molecule has 1 N–H and O–H groups in total. The molecular formula is C12H21N3O2. The van der Waals surface area contributed by atoms with E-state index < -0.39 is 0 Å². The van der Waals surface area contributed by atoms with E-state index in [1.54, 1.807) is 24.1 Å². The van der Waals surface area contributed by atoms with Gasteiger partial charge in [0, 0.05) is 26.0 Å². The fraction of sp³-hybridized carbons (Fsp3) is 0.667. The van der Waals surface area contributed by atoms with Crippen molar-refractivity contribution in [3.63, 3.8) is 0 Å². The molecular weight excluding hydrogens is 218 g/mol. The van der Waals surface area contributed by atoms with Crippen LogP contribution in [0.1, 0.15) is 27.2 Å². The van der Waals surface area contributed by atoms with Crippen LogP contribution in [0, 0.1) is 0 Å². The van der Waals surface area contributed by atoms with Crippen LogP contribution in [0.25, 0.3) is 0 Å². The monoisotopic (exact) mass is 239 g/mol. The summed E-state index contributed by atoms with van der Waals surface area (Å²) in [5, 5.41) is 3.12. The number of anilines is 1. The molecule has 0 radical (unpaired) electrons. The summed E-state index contributed by atoms with van der Waals surface area (Å²) < 4.78 is 6.76. The van der Waals surface area contributed by atoms with E-state index in [4.69, 9.17) is 4.74 Å². The maximum Gasteiger partial charge on any atom is 0.293 e. The van der Waals surface area contributed by atoms with E-state index >= 15 is 0 Å². The van der Waals surface area contributed by atoms with Gasteiger partial charge >= 0.3 is 0 Å². The van der Waals surface area contributed by atoms with Crippen LogP contribution in [-0.4, -0.2) is 28.8 Å². The SMILES string of the molecule is CCCn1ccnc(NC(C)(C)COC)c1=O. The van der Waals surface area contributed by atoms with Gasteiger partial charge in [-0.05, 0) is 20.3 Å². The molecule has 1 aromatic rings. The molecule has 0 atom stereocenters. The number of nitrogens with one attached hydrogen (secondary N) is 1. The highest BCUT2D eigenvalue weighted by Gasteiger charge is 2.19. The first-order chi connectivity index (χ1) is 8.00. The lowest BCUT2D eigenvalue weighted by molar-refractivity contribution is 0.158. The summed E-state index contributed by atoms with van der Waals surface area (Å²) in [7, 11) is 1.64. The first-order valence-corrected chi connectivity index (χ1v) is 5.82. The molecule has 0 fully saturated rings. The van der Waals surface area contributed by atoms with Gasteiger partial charge in [0.2, 0.25) is 0 Å². The number of rotatable bonds is 6. The minimum Gasteiger partial charge on any atom is -0.382 e. The second-order valence-corrected chi connectivity index (χ2v) is 4.72. The van der Waals surface area contributed by atoms with Crippen molar-refractivity contribution < 1.29 is 4.74 Å². The maximum atomic E-state index is 12.0. The summed E-state index contributed by atoms with van der Waals surface area (Å²) in [6.45, 7) is 7.19. The number of hydrogen-bond donors (Lipinski definition) is 1. The predicted molar refractivity (Wildman–Crippen MR) is 68.4 cm³/mol. The molecule has 0 aliphatic carbocycles. The van der Waals surface area contributed by atoms with Crippen molar-refractivity contribution in [3.05, 3.63) is 22.7 Å². The second-order valence-electron chi connectivity index (χ2n) is 4.72. The van der Waals surface area contributed by atoms with Crippen molar-refractivity contribution in [2.24, 2.45) is 0 Å². The molecule has 17 heavy (non-hydrogen) atoms. The Labute approximate surface area is 102 Å². The van der Waals surface area contributed by atoms with E-state index in [9.17, 15) is 4.79 Å². The van der Waals surface area contributed by atoms with E-state index in [0.717, 1.165) is 6.42 Å². The zero-order chi connectivity index (χ0) is 12.9. The van der Waals surface area contributed by atoms with Gasteiger partial charge in [-0.25, -0.2) is 4.98 Å². The summed E-state index contributed by atoms with van der Waals surface area (Å²) in [5.74, 6) is 0.378. The molecule has 1 rings (SSSR count). The molecule has 0 spiro atoms. The van der Waals surface area contributed by atoms with Crippen LogP contribution >= 0.6 is 0 Å². The smallest absolute Gasteiger partial charge is 0.293 e. The number of hydrogen-bond acceptors (Lipinski definition) is 4. The number of aryl methyl sites for hydroxylation is 1. The second kappa shape index (κ2) is 5.82. The Morgan fingerprint density at radius 2 is 2.24 bits per heavy atom. The van der Waals surface area contributed by atoms with Gasteiger partial charge in [0.05, 0.1) is 12.1 Å². The average molecular weight is 239 g/mol. The molecule has 0 aromatic carbocycles. The van der Waals surface area contributed by atoms with Gasteiger partial charge in [0.15, 0.2) is 5.82 Å². The molecule has 0 amide bonds. The Morgan fingerprint density at radius 3 is 2.82 bits per heavy atom. The highest BCUT2D eigenvalue weighted by molar-refractivity contribution is 5.34.